The normalized spacial score (nSPS) is 16.2. The van der Waals surface area contributed by atoms with Crippen molar-refractivity contribution in [3.63, 3.8) is 0 Å². The third-order valence-electron chi connectivity index (χ3n) is 5.23. The van der Waals surface area contributed by atoms with Crippen LogP contribution in [0.2, 0.25) is 0 Å². The molecule has 0 bridgehead atoms. The zero-order chi connectivity index (χ0) is 19.6. The van der Waals surface area contributed by atoms with Gasteiger partial charge < -0.3 is 4.90 Å². The minimum atomic E-state index is -2.15. The minimum Gasteiger partial charge on any atom is -0.355 e. The van der Waals surface area contributed by atoms with Gasteiger partial charge >= 0.3 is 0 Å². The first-order valence-electron chi connectivity index (χ1n) is 8.67. The predicted octanol–water partition coefficient (Wildman–Crippen LogP) is 6.25. The summed E-state index contributed by atoms with van der Waals surface area (Å²) >= 11 is 0. The van der Waals surface area contributed by atoms with E-state index in [1.807, 2.05) is 54.6 Å². The molecule has 1 atom stereocenters. The van der Waals surface area contributed by atoms with Crippen LogP contribution < -0.4 is 4.90 Å². The lowest BCUT2D eigenvalue weighted by molar-refractivity contribution is 0.380. The highest BCUT2D eigenvalue weighted by Gasteiger charge is 2.43. The van der Waals surface area contributed by atoms with Crippen LogP contribution in [0.3, 0.4) is 0 Å². The van der Waals surface area contributed by atoms with Crippen LogP contribution in [0.15, 0.2) is 54.6 Å². The molecule has 4 aromatic rings. The maximum absolute atomic E-state index is 14.2. The highest BCUT2D eigenvalue weighted by molar-refractivity contribution is 6.03. The average molecular weight is 385 g/mol. The Kier molecular flexibility index (Phi) is 3.59. The lowest BCUT2D eigenvalue weighted by atomic mass is 9.95. The van der Waals surface area contributed by atoms with Crippen molar-refractivity contribution >= 4 is 27.2 Å². The molecule has 0 saturated carbocycles. The summed E-state index contributed by atoms with van der Waals surface area (Å²) in [5.41, 5.74) is -0.0592. The van der Waals surface area contributed by atoms with Crippen LogP contribution in [-0.4, -0.2) is 6.54 Å². The van der Waals surface area contributed by atoms with E-state index in [-0.39, 0.29) is 6.54 Å². The highest BCUT2D eigenvalue weighted by Crippen LogP contribution is 2.48. The Morgan fingerprint density at radius 2 is 1.11 bits per heavy atom. The molecule has 6 heteroatoms. The SMILES string of the molecule is Fc1c(F)c(F)c(N2C[C@@H]2c2c3ccccc3cc3ccccc23)c(F)c1F. The number of anilines is 1. The summed E-state index contributed by atoms with van der Waals surface area (Å²) in [5, 5.41) is 3.66. The average Bonchev–Trinajstić information content (AvgIpc) is 3.49. The van der Waals surface area contributed by atoms with Gasteiger partial charge in [-0.15, -0.1) is 0 Å². The van der Waals surface area contributed by atoms with E-state index in [9.17, 15) is 22.0 Å². The standard InChI is InChI=1S/C22H12F5N/c23-17-18(24)20(26)22(21(27)19(17)25)28-10-15(28)16-13-7-3-1-5-11(13)9-12-6-2-4-8-14(12)16/h1-9,15H,10H2/t15-,28?/m1/s1. The Hall–Kier alpha value is -3.15. The zero-order valence-corrected chi connectivity index (χ0v) is 14.3. The van der Waals surface area contributed by atoms with E-state index < -0.39 is 40.8 Å². The molecule has 1 aliphatic heterocycles. The number of halogens is 5. The number of hydrogen-bond donors (Lipinski definition) is 0. The van der Waals surface area contributed by atoms with Gasteiger partial charge in [-0.1, -0.05) is 48.5 Å². The van der Waals surface area contributed by atoms with E-state index in [0.717, 1.165) is 27.1 Å². The molecule has 0 aliphatic carbocycles. The molecular weight excluding hydrogens is 373 g/mol. The molecule has 0 unspecified atom stereocenters. The van der Waals surface area contributed by atoms with Crippen molar-refractivity contribution < 1.29 is 22.0 Å². The topological polar surface area (TPSA) is 3.01 Å². The molecular formula is C22H12F5N. The number of rotatable bonds is 2. The predicted molar refractivity (Wildman–Crippen MR) is 97.8 cm³/mol. The van der Waals surface area contributed by atoms with Gasteiger partial charge in [-0.3, -0.25) is 0 Å². The molecule has 4 aromatic carbocycles. The number of benzene rings is 4. The maximum Gasteiger partial charge on any atom is 0.200 e. The van der Waals surface area contributed by atoms with Crippen molar-refractivity contribution in [2.45, 2.75) is 6.04 Å². The summed E-state index contributed by atoms with van der Waals surface area (Å²) < 4.78 is 69.1. The number of nitrogens with zero attached hydrogens (tertiary/aromatic N) is 1. The fourth-order valence-electron chi connectivity index (χ4n) is 3.89. The summed E-state index contributed by atoms with van der Waals surface area (Å²) in [6, 6.07) is 16.6. The third-order valence-corrected chi connectivity index (χ3v) is 5.23. The first-order chi connectivity index (χ1) is 13.5. The molecule has 140 valence electrons. The van der Waals surface area contributed by atoms with Gasteiger partial charge in [0, 0.05) is 6.54 Å². The smallest absolute Gasteiger partial charge is 0.200 e. The molecule has 28 heavy (non-hydrogen) atoms. The van der Waals surface area contributed by atoms with Gasteiger partial charge in [-0.25, -0.2) is 22.0 Å². The van der Waals surface area contributed by atoms with Gasteiger partial charge in [-0.05, 0) is 33.2 Å². The molecule has 1 heterocycles. The molecule has 0 aromatic heterocycles. The summed E-state index contributed by atoms with van der Waals surface area (Å²) in [4.78, 5) is 1.21. The second-order valence-corrected chi connectivity index (χ2v) is 6.82. The van der Waals surface area contributed by atoms with E-state index in [0.29, 0.717) is 0 Å². The largest absolute Gasteiger partial charge is 0.355 e. The van der Waals surface area contributed by atoms with Crippen molar-refractivity contribution in [1.29, 1.82) is 0 Å². The molecule has 5 rings (SSSR count). The number of fused-ring (bicyclic) bond motifs is 2. The van der Waals surface area contributed by atoms with Gasteiger partial charge in [-0.2, -0.15) is 0 Å². The fourth-order valence-corrected chi connectivity index (χ4v) is 3.89. The Bertz CT molecular complexity index is 1180. The van der Waals surface area contributed by atoms with Gasteiger partial charge in [0.25, 0.3) is 0 Å². The summed E-state index contributed by atoms with van der Waals surface area (Å²) in [7, 11) is 0. The Labute approximate surface area is 156 Å². The summed E-state index contributed by atoms with van der Waals surface area (Å²) in [6.07, 6.45) is 0. The Morgan fingerprint density at radius 3 is 1.64 bits per heavy atom. The van der Waals surface area contributed by atoms with Gasteiger partial charge in [0.2, 0.25) is 5.82 Å². The van der Waals surface area contributed by atoms with Crippen molar-refractivity contribution in [1.82, 2.24) is 0 Å². The van der Waals surface area contributed by atoms with Gasteiger partial charge in [0.15, 0.2) is 23.3 Å². The van der Waals surface area contributed by atoms with Crippen molar-refractivity contribution in [2.75, 3.05) is 11.4 Å². The molecule has 0 N–H and O–H groups in total. The molecule has 0 spiro atoms. The van der Waals surface area contributed by atoms with Gasteiger partial charge in [0.05, 0.1) is 6.04 Å². The van der Waals surface area contributed by atoms with Crippen LogP contribution in [0, 0.1) is 29.1 Å². The first-order valence-corrected chi connectivity index (χ1v) is 8.67. The van der Waals surface area contributed by atoms with Crippen LogP contribution in [-0.2, 0) is 0 Å². The Morgan fingerprint density at radius 1 is 0.643 bits per heavy atom. The molecule has 1 saturated heterocycles. The summed E-state index contributed by atoms with van der Waals surface area (Å²) in [5.74, 6) is -9.61. The van der Waals surface area contributed by atoms with E-state index in [1.165, 1.54) is 4.90 Å². The van der Waals surface area contributed by atoms with E-state index >= 15 is 0 Å². The maximum atomic E-state index is 14.2. The van der Waals surface area contributed by atoms with E-state index in [2.05, 4.69) is 0 Å². The molecule has 1 aliphatic rings. The fraction of sp³-hybridized carbons (Fsp3) is 0.0909. The van der Waals surface area contributed by atoms with Crippen LogP contribution >= 0.6 is 0 Å². The van der Waals surface area contributed by atoms with Crippen molar-refractivity contribution in [2.24, 2.45) is 0 Å². The third kappa shape index (κ3) is 2.30. The van der Waals surface area contributed by atoms with Crippen LogP contribution in [0.5, 0.6) is 0 Å². The monoisotopic (exact) mass is 385 g/mol. The Balaban J connectivity index is 1.72. The first kappa shape index (κ1) is 17.0. The van der Waals surface area contributed by atoms with Gasteiger partial charge in [0.1, 0.15) is 5.69 Å². The number of hydrogen-bond acceptors (Lipinski definition) is 1. The quantitative estimate of drug-likeness (QED) is 0.130. The van der Waals surface area contributed by atoms with E-state index in [4.69, 9.17) is 0 Å². The van der Waals surface area contributed by atoms with Crippen molar-refractivity contribution in [3.05, 3.63) is 89.2 Å². The molecule has 1 fully saturated rings. The highest BCUT2D eigenvalue weighted by atomic mass is 19.2. The van der Waals surface area contributed by atoms with Crippen molar-refractivity contribution in [3.8, 4) is 0 Å². The molecule has 0 radical (unpaired) electrons. The zero-order valence-electron chi connectivity index (χ0n) is 14.3. The lowest BCUT2D eigenvalue weighted by Gasteiger charge is -2.14. The molecule has 0 amide bonds. The van der Waals surface area contributed by atoms with Crippen LogP contribution in [0.4, 0.5) is 27.6 Å². The minimum absolute atomic E-state index is 0.163. The molecule has 1 nitrogen and oxygen atoms in total. The van der Waals surface area contributed by atoms with Crippen LogP contribution in [0.1, 0.15) is 11.6 Å². The second kappa shape index (κ2) is 5.92. The lowest BCUT2D eigenvalue weighted by Crippen LogP contribution is -2.09. The van der Waals surface area contributed by atoms with E-state index in [1.54, 1.807) is 0 Å². The van der Waals surface area contributed by atoms with Crippen LogP contribution in [0.25, 0.3) is 21.5 Å². The summed E-state index contributed by atoms with van der Waals surface area (Å²) in [6.45, 7) is 0.163. The second-order valence-electron chi connectivity index (χ2n) is 6.82.